The number of hydrogen-bond donors (Lipinski definition) is 0. The first-order valence-electron chi connectivity index (χ1n) is 9.50. The van der Waals surface area contributed by atoms with Gasteiger partial charge in [-0.2, -0.15) is 0 Å². The Bertz CT molecular complexity index is 642. The van der Waals surface area contributed by atoms with Crippen molar-refractivity contribution in [2.75, 3.05) is 53.4 Å². The molecular formula is C20H29N3O4. The molecule has 0 atom stereocenters. The van der Waals surface area contributed by atoms with Gasteiger partial charge in [-0.1, -0.05) is 30.3 Å². The Morgan fingerprint density at radius 2 is 1.93 bits per heavy atom. The molecule has 3 rings (SSSR count). The van der Waals surface area contributed by atoms with Crippen molar-refractivity contribution in [3.05, 3.63) is 35.9 Å². The number of piperidine rings is 1. The maximum Gasteiger partial charge on any atom is 0.410 e. The van der Waals surface area contributed by atoms with Gasteiger partial charge in [0.1, 0.15) is 12.2 Å². The Morgan fingerprint density at radius 3 is 2.59 bits per heavy atom. The Hall–Kier alpha value is -2.12. The van der Waals surface area contributed by atoms with Gasteiger partial charge in [-0.15, -0.1) is 0 Å². The van der Waals surface area contributed by atoms with Gasteiger partial charge < -0.3 is 24.2 Å². The number of carbonyl (C=O) groups is 2. The van der Waals surface area contributed by atoms with Crippen LogP contribution in [0.4, 0.5) is 4.79 Å². The van der Waals surface area contributed by atoms with E-state index < -0.39 is 5.60 Å². The van der Waals surface area contributed by atoms with E-state index in [0.717, 1.165) is 12.1 Å². The smallest absolute Gasteiger partial charge is 0.410 e. The molecule has 148 valence electrons. The van der Waals surface area contributed by atoms with Gasteiger partial charge in [-0.3, -0.25) is 4.79 Å². The third-order valence-corrected chi connectivity index (χ3v) is 5.22. The van der Waals surface area contributed by atoms with E-state index in [1.165, 1.54) is 0 Å². The minimum atomic E-state index is -0.439. The predicted molar refractivity (Wildman–Crippen MR) is 101 cm³/mol. The fourth-order valence-electron chi connectivity index (χ4n) is 3.53. The fourth-order valence-corrected chi connectivity index (χ4v) is 3.53. The van der Waals surface area contributed by atoms with Crippen molar-refractivity contribution in [1.29, 1.82) is 0 Å². The second kappa shape index (κ2) is 8.71. The highest BCUT2D eigenvalue weighted by Gasteiger charge is 2.47. The molecular weight excluding hydrogens is 346 g/mol. The number of benzene rings is 1. The summed E-state index contributed by atoms with van der Waals surface area (Å²) in [6.07, 6.45) is 1.13. The predicted octanol–water partition coefficient (Wildman–Crippen LogP) is 1.58. The molecule has 2 aliphatic heterocycles. The maximum absolute atomic E-state index is 12.4. The Labute approximate surface area is 160 Å². The van der Waals surface area contributed by atoms with Crippen LogP contribution < -0.4 is 0 Å². The lowest BCUT2D eigenvalue weighted by atomic mass is 9.91. The molecule has 0 aromatic heterocycles. The SMILES string of the molecule is CN(C)CCN1CC2(CCN(C(=O)COCc3ccccc3)CC2)OC1=O. The molecule has 2 saturated heterocycles. The van der Waals surface area contributed by atoms with E-state index in [1.54, 1.807) is 4.90 Å². The van der Waals surface area contributed by atoms with Gasteiger partial charge >= 0.3 is 6.09 Å². The summed E-state index contributed by atoms with van der Waals surface area (Å²) in [5, 5.41) is 0. The second-order valence-electron chi connectivity index (χ2n) is 7.63. The molecule has 0 aliphatic carbocycles. The van der Waals surface area contributed by atoms with Gasteiger partial charge in [-0.25, -0.2) is 4.79 Å². The molecule has 27 heavy (non-hydrogen) atoms. The third-order valence-electron chi connectivity index (χ3n) is 5.22. The summed E-state index contributed by atoms with van der Waals surface area (Å²) < 4.78 is 11.3. The first-order chi connectivity index (χ1) is 13.0. The molecule has 0 radical (unpaired) electrons. The molecule has 7 nitrogen and oxygen atoms in total. The van der Waals surface area contributed by atoms with Gasteiger partial charge in [0.15, 0.2) is 0 Å². The van der Waals surface area contributed by atoms with E-state index in [0.29, 0.717) is 45.6 Å². The van der Waals surface area contributed by atoms with E-state index in [9.17, 15) is 9.59 Å². The number of likely N-dealkylation sites (N-methyl/N-ethyl adjacent to an activating group) is 1. The highest BCUT2D eigenvalue weighted by atomic mass is 16.6. The molecule has 0 saturated carbocycles. The van der Waals surface area contributed by atoms with E-state index in [-0.39, 0.29) is 18.6 Å². The third kappa shape index (κ3) is 5.20. The van der Waals surface area contributed by atoms with Crippen molar-refractivity contribution >= 4 is 12.0 Å². The molecule has 0 N–H and O–H groups in total. The molecule has 1 aromatic rings. The number of ether oxygens (including phenoxy) is 2. The minimum Gasteiger partial charge on any atom is -0.441 e. The quantitative estimate of drug-likeness (QED) is 0.724. The molecule has 2 fully saturated rings. The van der Waals surface area contributed by atoms with Gasteiger partial charge in [0.05, 0.1) is 13.2 Å². The van der Waals surface area contributed by atoms with Gasteiger partial charge in [0.25, 0.3) is 0 Å². The second-order valence-corrected chi connectivity index (χ2v) is 7.63. The van der Waals surface area contributed by atoms with Crippen molar-refractivity contribution in [3.8, 4) is 0 Å². The summed E-state index contributed by atoms with van der Waals surface area (Å²) in [5.41, 5.74) is 0.615. The van der Waals surface area contributed by atoms with E-state index >= 15 is 0 Å². The Morgan fingerprint density at radius 1 is 1.22 bits per heavy atom. The van der Waals surface area contributed by atoms with Crippen molar-refractivity contribution in [1.82, 2.24) is 14.7 Å². The van der Waals surface area contributed by atoms with Crippen LogP contribution in [0, 0.1) is 0 Å². The lowest BCUT2D eigenvalue weighted by Gasteiger charge is -2.37. The van der Waals surface area contributed by atoms with Crippen molar-refractivity contribution in [2.24, 2.45) is 0 Å². The molecule has 2 aliphatic rings. The van der Waals surface area contributed by atoms with Gasteiger partial charge in [-0.05, 0) is 19.7 Å². The molecule has 2 amide bonds. The van der Waals surface area contributed by atoms with Gasteiger partial charge in [0, 0.05) is 39.0 Å². The monoisotopic (exact) mass is 375 g/mol. The average Bonchev–Trinajstić information content (AvgIpc) is 2.96. The molecule has 0 bridgehead atoms. The Balaban J connectivity index is 1.42. The lowest BCUT2D eigenvalue weighted by molar-refractivity contribution is -0.139. The minimum absolute atomic E-state index is 0.00503. The largest absolute Gasteiger partial charge is 0.441 e. The number of amides is 2. The first-order valence-corrected chi connectivity index (χ1v) is 9.50. The van der Waals surface area contributed by atoms with Crippen LogP contribution in [0.15, 0.2) is 30.3 Å². The van der Waals surface area contributed by atoms with E-state index in [1.807, 2.05) is 49.3 Å². The number of carbonyl (C=O) groups excluding carboxylic acids is 2. The average molecular weight is 375 g/mol. The van der Waals surface area contributed by atoms with E-state index in [4.69, 9.17) is 9.47 Å². The molecule has 0 unspecified atom stereocenters. The lowest BCUT2D eigenvalue weighted by Crippen LogP contribution is -2.49. The fraction of sp³-hybridized carbons (Fsp3) is 0.600. The highest BCUT2D eigenvalue weighted by molar-refractivity contribution is 5.77. The zero-order chi connectivity index (χ0) is 19.3. The topological polar surface area (TPSA) is 62.3 Å². The highest BCUT2D eigenvalue weighted by Crippen LogP contribution is 2.33. The summed E-state index contributed by atoms with van der Waals surface area (Å²) in [5.74, 6) is -0.00503. The van der Waals surface area contributed by atoms with Crippen molar-refractivity contribution in [3.63, 3.8) is 0 Å². The van der Waals surface area contributed by atoms with Crippen LogP contribution in [-0.4, -0.2) is 85.7 Å². The van der Waals surface area contributed by atoms with Crippen molar-refractivity contribution < 1.29 is 19.1 Å². The zero-order valence-corrected chi connectivity index (χ0v) is 16.2. The number of hydrogen-bond acceptors (Lipinski definition) is 5. The van der Waals surface area contributed by atoms with Crippen LogP contribution in [0.5, 0.6) is 0 Å². The molecule has 1 spiro atoms. The standard InChI is InChI=1S/C20H29N3O4/c1-21(2)12-13-23-16-20(27-19(23)25)8-10-22(11-9-20)18(24)15-26-14-17-6-4-3-5-7-17/h3-7H,8-16H2,1-2H3. The summed E-state index contributed by atoms with van der Waals surface area (Å²) in [4.78, 5) is 30.2. The summed E-state index contributed by atoms with van der Waals surface area (Å²) >= 11 is 0. The zero-order valence-electron chi connectivity index (χ0n) is 16.2. The normalized spacial score (nSPS) is 19.0. The maximum atomic E-state index is 12.4. The van der Waals surface area contributed by atoms with Gasteiger partial charge in [0.2, 0.25) is 5.91 Å². The van der Waals surface area contributed by atoms with Crippen LogP contribution in [0.2, 0.25) is 0 Å². The van der Waals surface area contributed by atoms with Crippen LogP contribution in [-0.2, 0) is 20.9 Å². The number of nitrogens with zero attached hydrogens (tertiary/aromatic N) is 3. The van der Waals surface area contributed by atoms with Crippen molar-refractivity contribution in [2.45, 2.75) is 25.0 Å². The van der Waals surface area contributed by atoms with Crippen LogP contribution in [0.25, 0.3) is 0 Å². The molecule has 2 heterocycles. The number of rotatable bonds is 7. The van der Waals surface area contributed by atoms with Crippen LogP contribution in [0.3, 0.4) is 0 Å². The molecule has 1 aromatic carbocycles. The summed E-state index contributed by atoms with van der Waals surface area (Å²) in [6.45, 7) is 3.81. The first kappa shape index (κ1) is 19.6. The molecule has 7 heteroatoms. The number of likely N-dealkylation sites (tertiary alicyclic amines) is 1. The van der Waals surface area contributed by atoms with Crippen LogP contribution in [0.1, 0.15) is 18.4 Å². The van der Waals surface area contributed by atoms with E-state index in [2.05, 4.69) is 4.90 Å². The summed E-state index contributed by atoms with van der Waals surface area (Å²) in [6, 6.07) is 9.82. The summed E-state index contributed by atoms with van der Waals surface area (Å²) in [7, 11) is 3.97. The van der Waals surface area contributed by atoms with Crippen LogP contribution >= 0.6 is 0 Å². The Kier molecular flexibility index (Phi) is 6.34.